The average Bonchev–Trinajstić information content (AvgIpc) is 2.86. The molecule has 4 heteroatoms. The Balaban J connectivity index is 1.58. The van der Waals surface area contributed by atoms with Crippen LogP contribution in [0, 0.1) is 0 Å². The molecular formula is C16H22N4. The van der Waals surface area contributed by atoms with Crippen molar-refractivity contribution >= 4 is 5.95 Å². The van der Waals surface area contributed by atoms with Crippen molar-refractivity contribution in [2.75, 3.05) is 18.4 Å². The fraction of sp³-hybridized carbons (Fsp3) is 0.438. The van der Waals surface area contributed by atoms with Gasteiger partial charge in [0.05, 0.1) is 0 Å². The Hall–Kier alpha value is -1.81. The maximum atomic E-state index is 4.35. The molecule has 1 fully saturated rings. The fourth-order valence-corrected chi connectivity index (χ4v) is 2.85. The van der Waals surface area contributed by atoms with Gasteiger partial charge in [0.1, 0.15) is 0 Å². The van der Waals surface area contributed by atoms with E-state index >= 15 is 0 Å². The second-order valence-electron chi connectivity index (χ2n) is 5.57. The van der Waals surface area contributed by atoms with Crippen LogP contribution in [-0.2, 0) is 13.6 Å². The molecule has 106 valence electrons. The van der Waals surface area contributed by atoms with E-state index in [4.69, 9.17) is 0 Å². The molecule has 1 N–H and O–H groups in total. The van der Waals surface area contributed by atoms with Crippen molar-refractivity contribution < 1.29 is 0 Å². The maximum absolute atomic E-state index is 4.35. The van der Waals surface area contributed by atoms with Crippen molar-refractivity contribution in [1.82, 2.24) is 14.5 Å². The van der Waals surface area contributed by atoms with Crippen LogP contribution in [0.3, 0.4) is 0 Å². The zero-order valence-corrected chi connectivity index (χ0v) is 12.0. The zero-order chi connectivity index (χ0) is 13.8. The van der Waals surface area contributed by atoms with Gasteiger partial charge in [0, 0.05) is 38.6 Å². The average molecular weight is 270 g/mol. The van der Waals surface area contributed by atoms with E-state index in [0.29, 0.717) is 6.04 Å². The number of nitrogens with one attached hydrogen (secondary N) is 1. The summed E-state index contributed by atoms with van der Waals surface area (Å²) in [6, 6.07) is 11.2. The van der Waals surface area contributed by atoms with Crippen molar-refractivity contribution in [2.45, 2.75) is 25.4 Å². The van der Waals surface area contributed by atoms with Crippen LogP contribution in [0.5, 0.6) is 0 Å². The minimum atomic E-state index is 0.494. The fourth-order valence-electron chi connectivity index (χ4n) is 2.85. The van der Waals surface area contributed by atoms with E-state index in [-0.39, 0.29) is 0 Å². The number of rotatable bonds is 4. The first-order chi connectivity index (χ1) is 9.81. The van der Waals surface area contributed by atoms with E-state index in [1.807, 2.05) is 24.0 Å². The number of aryl methyl sites for hydroxylation is 1. The van der Waals surface area contributed by atoms with Gasteiger partial charge in [-0.2, -0.15) is 0 Å². The molecule has 0 saturated carbocycles. The normalized spacial score (nSPS) is 19.9. The van der Waals surface area contributed by atoms with Crippen LogP contribution in [0.4, 0.5) is 5.95 Å². The third-order valence-corrected chi connectivity index (χ3v) is 3.91. The van der Waals surface area contributed by atoms with Crippen molar-refractivity contribution in [3.05, 3.63) is 48.3 Å². The lowest BCUT2D eigenvalue weighted by Crippen LogP contribution is -2.42. The van der Waals surface area contributed by atoms with Crippen LogP contribution in [0.15, 0.2) is 42.7 Å². The molecule has 0 spiro atoms. The van der Waals surface area contributed by atoms with Gasteiger partial charge in [0.15, 0.2) is 0 Å². The predicted octanol–water partition coefficient (Wildman–Crippen LogP) is 2.50. The van der Waals surface area contributed by atoms with E-state index < -0.39 is 0 Å². The smallest absolute Gasteiger partial charge is 0.202 e. The lowest BCUT2D eigenvalue weighted by molar-refractivity contribution is 0.208. The Morgan fingerprint density at radius 1 is 1.30 bits per heavy atom. The monoisotopic (exact) mass is 270 g/mol. The molecule has 1 unspecified atom stereocenters. The number of hydrogen-bond acceptors (Lipinski definition) is 3. The molecule has 4 nitrogen and oxygen atoms in total. The quantitative estimate of drug-likeness (QED) is 0.926. The summed E-state index contributed by atoms with van der Waals surface area (Å²) in [6.07, 6.45) is 6.28. The molecule has 0 amide bonds. The summed E-state index contributed by atoms with van der Waals surface area (Å²) in [5, 5.41) is 3.56. The van der Waals surface area contributed by atoms with Gasteiger partial charge in [-0.25, -0.2) is 4.98 Å². The molecule has 1 saturated heterocycles. The molecule has 1 atom stereocenters. The summed E-state index contributed by atoms with van der Waals surface area (Å²) in [4.78, 5) is 6.88. The van der Waals surface area contributed by atoms with Gasteiger partial charge in [-0.3, -0.25) is 4.90 Å². The maximum Gasteiger partial charge on any atom is 0.202 e. The van der Waals surface area contributed by atoms with Crippen LogP contribution in [-0.4, -0.2) is 33.6 Å². The number of benzene rings is 1. The topological polar surface area (TPSA) is 33.1 Å². The van der Waals surface area contributed by atoms with Gasteiger partial charge in [-0.15, -0.1) is 0 Å². The van der Waals surface area contributed by atoms with Gasteiger partial charge in [0.2, 0.25) is 5.95 Å². The van der Waals surface area contributed by atoms with Gasteiger partial charge < -0.3 is 9.88 Å². The highest BCUT2D eigenvalue weighted by atomic mass is 15.2. The molecule has 1 aromatic carbocycles. The van der Waals surface area contributed by atoms with E-state index in [0.717, 1.165) is 19.0 Å². The van der Waals surface area contributed by atoms with Crippen LogP contribution in [0.1, 0.15) is 18.4 Å². The van der Waals surface area contributed by atoms with Gasteiger partial charge in [-0.1, -0.05) is 30.3 Å². The summed E-state index contributed by atoms with van der Waals surface area (Å²) in [5.41, 5.74) is 1.39. The van der Waals surface area contributed by atoms with Crippen LogP contribution >= 0.6 is 0 Å². The molecule has 2 aromatic rings. The molecule has 1 aliphatic heterocycles. The van der Waals surface area contributed by atoms with Gasteiger partial charge >= 0.3 is 0 Å². The minimum absolute atomic E-state index is 0.494. The second kappa shape index (κ2) is 6.09. The molecule has 20 heavy (non-hydrogen) atoms. The third-order valence-electron chi connectivity index (χ3n) is 3.91. The molecule has 1 aliphatic rings. The van der Waals surface area contributed by atoms with E-state index in [1.54, 1.807) is 0 Å². The van der Waals surface area contributed by atoms with Crippen LogP contribution in [0.25, 0.3) is 0 Å². The summed E-state index contributed by atoms with van der Waals surface area (Å²) in [7, 11) is 2.03. The number of hydrogen-bond donors (Lipinski definition) is 1. The Labute approximate surface area is 120 Å². The molecule has 1 aromatic heterocycles. The number of piperidine rings is 1. The Morgan fingerprint density at radius 3 is 2.90 bits per heavy atom. The molecule has 0 bridgehead atoms. The Morgan fingerprint density at radius 2 is 2.15 bits per heavy atom. The minimum Gasteiger partial charge on any atom is -0.352 e. The van der Waals surface area contributed by atoms with E-state index in [1.165, 1.54) is 24.9 Å². The summed E-state index contributed by atoms with van der Waals surface area (Å²) in [6.45, 7) is 3.31. The van der Waals surface area contributed by atoms with Gasteiger partial charge in [-0.05, 0) is 24.9 Å². The van der Waals surface area contributed by atoms with E-state index in [2.05, 4.69) is 45.5 Å². The summed E-state index contributed by atoms with van der Waals surface area (Å²) >= 11 is 0. The molecular weight excluding hydrogens is 248 g/mol. The number of likely N-dealkylation sites (tertiary alicyclic amines) is 1. The lowest BCUT2D eigenvalue weighted by atomic mass is 10.0. The second-order valence-corrected chi connectivity index (χ2v) is 5.57. The summed E-state index contributed by atoms with van der Waals surface area (Å²) < 4.78 is 2.04. The SMILES string of the molecule is Cn1ccnc1NC1CCCN(Cc2ccccc2)C1. The van der Waals surface area contributed by atoms with Crippen molar-refractivity contribution in [1.29, 1.82) is 0 Å². The first-order valence-corrected chi connectivity index (χ1v) is 7.31. The van der Waals surface area contributed by atoms with Crippen LogP contribution in [0.2, 0.25) is 0 Å². The van der Waals surface area contributed by atoms with Crippen molar-refractivity contribution in [3.8, 4) is 0 Å². The third kappa shape index (κ3) is 3.20. The van der Waals surface area contributed by atoms with Gasteiger partial charge in [0.25, 0.3) is 0 Å². The Kier molecular flexibility index (Phi) is 4.02. The highest BCUT2D eigenvalue weighted by molar-refractivity contribution is 5.27. The molecule has 0 radical (unpaired) electrons. The molecule has 0 aliphatic carbocycles. The zero-order valence-electron chi connectivity index (χ0n) is 12.0. The highest BCUT2D eigenvalue weighted by Gasteiger charge is 2.20. The number of imidazole rings is 1. The summed E-state index contributed by atoms with van der Waals surface area (Å²) in [5.74, 6) is 0.969. The van der Waals surface area contributed by atoms with Crippen LogP contribution < -0.4 is 5.32 Å². The number of aromatic nitrogens is 2. The lowest BCUT2D eigenvalue weighted by Gasteiger charge is -2.33. The largest absolute Gasteiger partial charge is 0.352 e. The van der Waals surface area contributed by atoms with Crippen molar-refractivity contribution in [2.24, 2.45) is 7.05 Å². The Bertz CT molecular complexity index is 534. The van der Waals surface area contributed by atoms with E-state index in [9.17, 15) is 0 Å². The number of anilines is 1. The highest BCUT2D eigenvalue weighted by Crippen LogP contribution is 2.16. The predicted molar refractivity (Wildman–Crippen MR) is 81.6 cm³/mol. The standard InChI is InChI=1S/C16H22N4/c1-19-11-9-17-16(19)18-15-8-5-10-20(13-15)12-14-6-3-2-4-7-14/h2-4,6-7,9,11,15H,5,8,10,12-13H2,1H3,(H,17,18). The number of nitrogens with zero attached hydrogens (tertiary/aromatic N) is 3. The molecule has 2 heterocycles. The first kappa shape index (κ1) is 13.2. The first-order valence-electron chi connectivity index (χ1n) is 7.31. The van der Waals surface area contributed by atoms with Crippen molar-refractivity contribution in [3.63, 3.8) is 0 Å². The molecule has 3 rings (SSSR count).